The Kier molecular flexibility index (Phi) is 7.86. The molecule has 178 valence electrons. The second-order valence-electron chi connectivity index (χ2n) is 7.80. The van der Waals surface area contributed by atoms with Crippen LogP contribution in [0.15, 0.2) is 53.5 Å². The molecule has 3 aromatic rings. The molecule has 0 aliphatic rings. The van der Waals surface area contributed by atoms with Crippen LogP contribution in [0, 0.1) is 5.41 Å². The molecule has 0 saturated carbocycles. The molecule has 0 saturated heterocycles. The van der Waals surface area contributed by atoms with Gasteiger partial charge in [0.25, 0.3) is 5.56 Å². The fourth-order valence-electron chi connectivity index (χ4n) is 3.28. The first-order valence-corrected chi connectivity index (χ1v) is 10.9. The number of anilines is 2. The van der Waals surface area contributed by atoms with Crippen molar-refractivity contribution in [2.45, 2.75) is 32.9 Å². The van der Waals surface area contributed by atoms with E-state index < -0.39 is 5.56 Å². The number of carbonyl (C=O) groups excluding carboxylic acids is 1. The van der Waals surface area contributed by atoms with E-state index in [0.29, 0.717) is 34.9 Å². The Morgan fingerprint density at radius 1 is 1.18 bits per heavy atom. The first kappa shape index (κ1) is 24.3. The maximum atomic E-state index is 12.8. The van der Waals surface area contributed by atoms with Crippen molar-refractivity contribution >= 4 is 23.2 Å². The summed E-state index contributed by atoms with van der Waals surface area (Å²) in [5, 5.41) is 10.2. The molecule has 0 aliphatic heterocycles. The van der Waals surface area contributed by atoms with Gasteiger partial charge in [0.2, 0.25) is 5.91 Å². The molecule has 0 aliphatic carbocycles. The van der Waals surface area contributed by atoms with Crippen LogP contribution in [0.2, 0.25) is 0 Å². The summed E-state index contributed by atoms with van der Waals surface area (Å²) in [7, 11) is 0. The Morgan fingerprint density at radius 2 is 1.91 bits per heavy atom. The molecule has 0 bridgehead atoms. The zero-order valence-corrected chi connectivity index (χ0v) is 19.0. The van der Waals surface area contributed by atoms with Crippen molar-refractivity contribution in [2.75, 3.05) is 18.1 Å². The molecular formula is C24H29N7O3. The summed E-state index contributed by atoms with van der Waals surface area (Å²) in [6.07, 6.45) is 3.33. The number of hydrogen-bond donors (Lipinski definition) is 5. The van der Waals surface area contributed by atoms with E-state index in [9.17, 15) is 9.59 Å². The predicted molar refractivity (Wildman–Crippen MR) is 132 cm³/mol. The van der Waals surface area contributed by atoms with Gasteiger partial charge in [-0.1, -0.05) is 37.6 Å². The molecule has 2 aromatic carbocycles. The normalized spacial score (nSPS) is 10.6. The molecule has 0 radical (unpaired) electrons. The van der Waals surface area contributed by atoms with Crippen molar-refractivity contribution in [3.05, 3.63) is 70.1 Å². The lowest BCUT2D eigenvalue weighted by molar-refractivity contribution is -0.121. The minimum atomic E-state index is -0.575. The highest BCUT2D eigenvalue weighted by molar-refractivity contribution is 5.94. The van der Waals surface area contributed by atoms with Crippen LogP contribution < -0.4 is 32.8 Å². The molecule has 1 amide bonds. The minimum Gasteiger partial charge on any atom is -0.493 e. The number of amides is 1. The summed E-state index contributed by atoms with van der Waals surface area (Å²) in [6, 6.07) is 12.1. The fraction of sp³-hybridized carbons (Fsp3) is 0.250. The lowest BCUT2D eigenvalue weighted by Crippen LogP contribution is -2.34. The summed E-state index contributed by atoms with van der Waals surface area (Å²) in [5.41, 5.74) is 19.5. The molecule has 1 aromatic heterocycles. The van der Waals surface area contributed by atoms with Crippen LogP contribution in [-0.4, -0.2) is 27.9 Å². The molecule has 34 heavy (non-hydrogen) atoms. The van der Waals surface area contributed by atoms with Gasteiger partial charge in [-0.05, 0) is 24.1 Å². The second-order valence-corrected chi connectivity index (χ2v) is 7.80. The van der Waals surface area contributed by atoms with E-state index >= 15 is 0 Å². The van der Waals surface area contributed by atoms with Crippen LogP contribution in [-0.2, 0) is 17.9 Å². The van der Waals surface area contributed by atoms with E-state index in [0.717, 1.165) is 18.4 Å². The van der Waals surface area contributed by atoms with Gasteiger partial charge < -0.3 is 27.3 Å². The third-order valence-corrected chi connectivity index (χ3v) is 5.13. The molecule has 0 fully saturated rings. The van der Waals surface area contributed by atoms with Crippen LogP contribution in [0.1, 0.15) is 30.9 Å². The van der Waals surface area contributed by atoms with E-state index in [4.69, 9.17) is 27.3 Å². The van der Waals surface area contributed by atoms with Crippen LogP contribution in [0.5, 0.6) is 5.75 Å². The Labute approximate surface area is 197 Å². The van der Waals surface area contributed by atoms with E-state index in [2.05, 4.69) is 17.2 Å². The highest BCUT2D eigenvalue weighted by Gasteiger charge is 2.15. The summed E-state index contributed by atoms with van der Waals surface area (Å²) in [6.45, 7) is 2.60. The van der Waals surface area contributed by atoms with Gasteiger partial charge in [-0.3, -0.25) is 19.6 Å². The number of ether oxygens (including phenoxy) is 1. The van der Waals surface area contributed by atoms with E-state index in [-0.39, 0.29) is 30.7 Å². The summed E-state index contributed by atoms with van der Waals surface area (Å²) in [5.74, 6) is -0.0522. The Bertz CT molecular complexity index is 1240. The number of rotatable bonds is 10. The largest absolute Gasteiger partial charge is 0.493 e. The van der Waals surface area contributed by atoms with Gasteiger partial charge >= 0.3 is 0 Å². The van der Waals surface area contributed by atoms with Crippen molar-refractivity contribution in [1.82, 2.24) is 14.9 Å². The molecule has 8 N–H and O–H groups in total. The molecule has 3 rings (SSSR count). The number of nitrogens with zero attached hydrogens (tertiary/aromatic N) is 2. The van der Waals surface area contributed by atoms with Gasteiger partial charge in [0.1, 0.15) is 18.1 Å². The molecule has 0 unspecified atom stereocenters. The van der Waals surface area contributed by atoms with Crippen LogP contribution in [0.4, 0.5) is 11.5 Å². The van der Waals surface area contributed by atoms with Gasteiger partial charge in [0.05, 0.1) is 18.5 Å². The number of unbranched alkanes of at least 4 members (excludes halogenated alkanes) is 1. The highest BCUT2D eigenvalue weighted by atomic mass is 16.5. The molecule has 0 spiro atoms. The van der Waals surface area contributed by atoms with Crippen molar-refractivity contribution < 1.29 is 9.53 Å². The second kappa shape index (κ2) is 11.0. The van der Waals surface area contributed by atoms with Crippen molar-refractivity contribution in [2.24, 2.45) is 5.73 Å². The smallest absolute Gasteiger partial charge is 0.294 e. The average Bonchev–Trinajstić information content (AvgIpc) is 2.81. The topological polar surface area (TPSA) is 175 Å². The number of nitrogens with one attached hydrogen (secondary N) is 2. The monoisotopic (exact) mass is 463 g/mol. The number of carbonyl (C=O) groups is 1. The Hall–Kier alpha value is -4.34. The zero-order chi connectivity index (χ0) is 24.7. The van der Waals surface area contributed by atoms with Crippen molar-refractivity contribution in [3.8, 4) is 17.0 Å². The summed E-state index contributed by atoms with van der Waals surface area (Å²) < 4.78 is 7.03. The molecule has 10 heteroatoms. The Balaban J connectivity index is 1.81. The van der Waals surface area contributed by atoms with Gasteiger partial charge in [-0.25, -0.2) is 4.98 Å². The van der Waals surface area contributed by atoms with Crippen molar-refractivity contribution in [3.63, 3.8) is 0 Å². The average molecular weight is 464 g/mol. The van der Waals surface area contributed by atoms with Crippen LogP contribution in [0.3, 0.4) is 0 Å². The lowest BCUT2D eigenvalue weighted by atomic mass is 10.1. The van der Waals surface area contributed by atoms with Gasteiger partial charge in [-0.15, -0.1) is 0 Å². The van der Waals surface area contributed by atoms with E-state index in [1.54, 1.807) is 42.5 Å². The van der Waals surface area contributed by atoms with Crippen LogP contribution >= 0.6 is 0 Å². The predicted octanol–water partition coefficient (Wildman–Crippen LogP) is 1.85. The number of benzene rings is 2. The highest BCUT2D eigenvalue weighted by Crippen LogP contribution is 2.27. The van der Waals surface area contributed by atoms with Gasteiger partial charge in [0.15, 0.2) is 5.82 Å². The minimum absolute atomic E-state index is 0.0294. The maximum absolute atomic E-state index is 12.8. The van der Waals surface area contributed by atoms with Gasteiger partial charge in [-0.2, -0.15) is 0 Å². The number of hydrogen-bond acceptors (Lipinski definition) is 7. The molecule has 10 nitrogen and oxygen atoms in total. The lowest BCUT2D eigenvalue weighted by Gasteiger charge is -2.15. The van der Waals surface area contributed by atoms with Crippen molar-refractivity contribution in [1.29, 1.82) is 5.41 Å². The first-order valence-electron chi connectivity index (χ1n) is 10.9. The summed E-state index contributed by atoms with van der Waals surface area (Å²) >= 11 is 0. The van der Waals surface area contributed by atoms with E-state index in [1.165, 1.54) is 10.8 Å². The quantitative estimate of drug-likeness (QED) is 0.132. The van der Waals surface area contributed by atoms with E-state index in [1.807, 2.05) is 0 Å². The third kappa shape index (κ3) is 6.12. The first-order chi connectivity index (χ1) is 16.3. The van der Waals surface area contributed by atoms with Crippen LogP contribution in [0.25, 0.3) is 11.3 Å². The number of nitrogen functional groups attached to an aromatic ring is 3. The summed E-state index contributed by atoms with van der Waals surface area (Å²) in [4.78, 5) is 29.4. The zero-order valence-electron chi connectivity index (χ0n) is 19.0. The number of nitrogens with two attached hydrogens (primary N) is 3. The maximum Gasteiger partial charge on any atom is 0.294 e. The number of amidine groups is 1. The molecular weight excluding hydrogens is 434 g/mol. The SMILES string of the molecule is CCCCOc1cc(N)cc(-c2cnc(N)c(=O)n2CC(=O)NCc2ccc(C(=N)N)cc2)c1. The third-order valence-electron chi connectivity index (χ3n) is 5.13. The Morgan fingerprint density at radius 3 is 2.59 bits per heavy atom. The molecule has 1 heterocycles. The molecule has 0 atom stereocenters. The standard InChI is InChI=1S/C24H29N7O3/c1-2-3-8-34-19-10-17(9-18(25)11-19)20-13-30-23(28)24(33)31(20)14-21(32)29-12-15-4-6-16(7-5-15)22(26)27/h4-7,9-11,13H,2-3,8,12,14,25H2,1H3,(H3,26,27)(H2,28,30)(H,29,32). The number of aromatic nitrogens is 2. The fourth-order valence-corrected chi connectivity index (χ4v) is 3.28. The van der Waals surface area contributed by atoms with Gasteiger partial charge in [0, 0.05) is 29.4 Å².